The first-order valence-corrected chi connectivity index (χ1v) is 14.1. The van der Waals surface area contributed by atoms with Gasteiger partial charge in [0, 0.05) is 0 Å². The molecule has 34 heavy (non-hydrogen) atoms. The Balaban J connectivity index is 2.18. The van der Waals surface area contributed by atoms with Crippen LogP contribution < -0.4 is 0 Å². The van der Waals surface area contributed by atoms with E-state index in [4.69, 9.17) is 9.47 Å². The Morgan fingerprint density at radius 3 is 1.62 bits per heavy atom. The maximum atomic E-state index is 12.6. The number of unbranched alkanes of at least 4 members (excludes halogenated alkanes) is 14. The second-order valence-corrected chi connectivity index (χ2v) is 9.64. The second-order valence-electron chi connectivity index (χ2n) is 9.64. The minimum Gasteiger partial charge on any atom is -0.462 e. The van der Waals surface area contributed by atoms with Crippen LogP contribution in [0.4, 0.5) is 0 Å². The highest BCUT2D eigenvalue weighted by molar-refractivity contribution is 6.03. The highest BCUT2D eigenvalue weighted by Crippen LogP contribution is 2.16. The number of carbonyl (C=O) groups is 2. The van der Waals surface area contributed by atoms with Crippen LogP contribution >= 0.6 is 0 Å². The standard InChI is InChI=1S/C30H50O4/c1-4-6-8-9-10-11-12-13-14-15-16-17-21-25-33-29(31)27-23-19-20-24-28(27)30(32)34-26(3)22-18-7-5-2/h19-20,23-24,26H,4-18,21-22,25H2,1-3H3. The third-order valence-electron chi connectivity index (χ3n) is 6.37. The molecule has 1 atom stereocenters. The van der Waals surface area contributed by atoms with Crippen molar-refractivity contribution >= 4 is 11.9 Å². The highest BCUT2D eigenvalue weighted by Gasteiger charge is 2.20. The van der Waals surface area contributed by atoms with Crippen molar-refractivity contribution < 1.29 is 19.1 Å². The smallest absolute Gasteiger partial charge is 0.339 e. The molecule has 4 nitrogen and oxygen atoms in total. The molecule has 0 heterocycles. The molecule has 4 heteroatoms. The van der Waals surface area contributed by atoms with Gasteiger partial charge in [-0.3, -0.25) is 0 Å². The summed E-state index contributed by atoms with van der Waals surface area (Å²) in [6.07, 6.45) is 20.6. The average Bonchev–Trinajstić information content (AvgIpc) is 2.84. The molecule has 0 N–H and O–H groups in total. The van der Waals surface area contributed by atoms with Crippen LogP contribution in [0, 0.1) is 0 Å². The zero-order chi connectivity index (χ0) is 24.9. The fraction of sp³-hybridized carbons (Fsp3) is 0.733. The monoisotopic (exact) mass is 474 g/mol. The molecule has 0 aliphatic rings. The van der Waals surface area contributed by atoms with Gasteiger partial charge in [0.25, 0.3) is 0 Å². The van der Waals surface area contributed by atoms with Gasteiger partial charge in [-0.1, -0.05) is 116 Å². The molecule has 0 aromatic heterocycles. The molecule has 1 rings (SSSR count). The zero-order valence-electron chi connectivity index (χ0n) is 22.2. The van der Waals surface area contributed by atoms with Crippen LogP contribution in [-0.2, 0) is 9.47 Å². The maximum Gasteiger partial charge on any atom is 0.339 e. The van der Waals surface area contributed by atoms with Crippen molar-refractivity contribution in [3.05, 3.63) is 35.4 Å². The number of hydrogen-bond acceptors (Lipinski definition) is 4. The van der Waals surface area contributed by atoms with Gasteiger partial charge >= 0.3 is 11.9 Å². The zero-order valence-corrected chi connectivity index (χ0v) is 22.2. The fourth-order valence-corrected chi connectivity index (χ4v) is 4.19. The lowest BCUT2D eigenvalue weighted by Crippen LogP contribution is -2.18. The van der Waals surface area contributed by atoms with Crippen LogP contribution in [0.2, 0.25) is 0 Å². The van der Waals surface area contributed by atoms with Gasteiger partial charge in [-0.15, -0.1) is 0 Å². The Hall–Kier alpha value is -1.84. The third-order valence-corrected chi connectivity index (χ3v) is 6.37. The molecule has 1 aromatic rings. The first kappa shape index (κ1) is 30.2. The molecule has 0 saturated carbocycles. The van der Waals surface area contributed by atoms with E-state index < -0.39 is 11.9 Å². The quantitative estimate of drug-likeness (QED) is 0.132. The number of hydrogen-bond donors (Lipinski definition) is 0. The summed E-state index contributed by atoms with van der Waals surface area (Å²) in [6.45, 7) is 6.71. The lowest BCUT2D eigenvalue weighted by atomic mass is 10.0. The average molecular weight is 475 g/mol. The second kappa shape index (κ2) is 20.5. The number of ether oxygens (including phenoxy) is 2. The number of benzene rings is 1. The predicted molar refractivity (Wildman–Crippen MR) is 141 cm³/mol. The molecule has 0 saturated heterocycles. The molecule has 0 amide bonds. The summed E-state index contributed by atoms with van der Waals surface area (Å²) in [4.78, 5) is 25.1. The van der Waals surface area contributed by atoms with Gasteiger partial charge in [0.15, 0.2) is 0 Å². The van der Waals surface area contributed by atoms with E-state index in [-0.39, 0.29) is 6.10 Å². The topological polar surface area (TPSA) is 52.6 Å². The van der Waals surface area contributed by atoms with E-state index >= 15 is 0 Å². The fourth-order valence-electron chi connectivity index (χ4n) is 4.19. The van der Waals surface area contributed by atoms with Crippen LogP contribution in [0.3, 0.4) is 0 Å². The van der Waals surface area contributed by atoms with Gasteiger partial charge in [0.2, 0.25) is 0 Å². The Labute approximate surface area is 209 Å². The summed E-state index contributed by atoms with van der Waals surface area (Å²) in [5.74, 6) is -0.886. The highest BCUT2D eigenvalue weighted by atomic mass is 16.5. The van der Waals surface area contributed by atoms with E-state index in [0.29, 0.717) is 17.7 Å². The lowest BCUT2D eigenvalue weighted by Gasteiger charge is -2.14. The van der Waals surface area contributed by atoms with Crippen molar-refractivity contribution in [3.63, 3.8) is 0 Å². The van der Waals surface area contributed by atoms with Crippen LogP contribution in [0.1, 0.15) is 151 Å². The summed E-state index contributed by atoms with van der Waals surface area (Å²) >= 11 is 0. The predicted octanol–water partition coefficient (Wildman–Crippen LogP) is 9.06. The third kappa shape index (κ3) is 14.4. The largest absolute Gasteiger partial charge is 0.462 e. The van der Waals surface area contributed by atoms with E-state index in [1.54, 1.807) is 24.3 Å². The molecule has 0 bridgehead atoms. The minimum absolute atomic E-state index is 0.158. The van der Waals surface area contributed by atoms with Crippen LogP contribution in [0.5, 0.6) is 0 Å². The minimum atomic E-state index is -0.447. The molecule has 1 aromatic carbocycles. The Kier molecular flexibility index (Phi) is 18.2. The molecule has 0 fully saturated rings. The van der Waals surface area contributed by atoms with Crippen LogP contribution in [-0.4, -0.2) is 24.6 Å². The van der Waals surface area contributed by atoms with Crippen molar-refractivity contribution in [2.75, 3.05) is 6.61 Å². The van der Waals surface area contributed by atoms with Gasteiger partial charge < -0.3 is 9.47 Å². The van der Waals surface area contributed by atoms with Gasteiger partial charge in [0.1, 0.15) is 0 Å². The van der Waals surface area contributed by atoms with Crippen molar-refractivity contribution in [3.8, 4) is 0 Å². The first-order valence-electron chi connectivity index (χ1n) is 14.1. The van der Waals surface area contributed by atoms with E-state index in [2.05, 4.69) is 13.8 Å². The molecular formula is C30H50O4. The lowest BCUT2D eigenvalue weighted by molar-refractivity contribution is 0.0307. The molecule has 0 aliphatic carbocycles. The first-order chi connectivity index (χ1) is 16.6. The summed E-state index contributed by atoms with van der Waals surface area (Å²) in [6, 6.07) is 6.79. The Bertz CT molecular complexity index is 655. The Morgan fingerprint density at radius 2 is 1.09 bits per heavy atom. The van der Waals surface area contributed by atoms with Gasteiger partial charge in [-0.25, -0.2) is 9.59 Å². The van der Waals surface area contributed by atoms with Gasteiger partial charge in [-0.2, -0.15) is 0 Å². The van der Waals surface area contributed by atoms with Gasteiger partial charge in [0.05, 0.1) is 23.8 Å². The normalized spacial score (nSPS) is 11.9. The van der Waals surface area contributed by atoms with E-state index in [1.807, 2.05) is 6.92 Å². The van der Waals surface area contributed by atoms with E-state index in [1.165, 1.54) is 70.6 Å². The summed E-state index contributed by atoms with van der Waals surface area (Å²) < 4.78 is 11.0. The SMILES string of the molecule is CCCCCCCCCCCCCCCOC(=O)c1ccccc1C(=O)OC(C)CCCCC. The van der Waals surface area contributed by atoms with Gasteiger partial charge in [-0.05, 0) is 38.3 Å². The van der Waals surface area contributed by atoms with E-state index in [9.17, 15) is 9.59 Å². The molecule has 0 aliphatic heterocycles. The summed E-state index contributed by atoms with van der Waals surface area (Å²) in [7, 11) is 0. The number of carbonyl (C=O) groups excluding carboxylic acids is 2. The van der Waals surface area contributed by atoms with Crippen molar-refractivity contribution in [1.82, 2.24) is 0 Å². The number of esters is 2. The van der Waals surface area contributed by atoms with Crippen molar-refractivity contribution in [2.45, 2.75) is 136 Å². The summed E-state index contributed by atoms with van der Waals surface area (Å²) in [5.41, 5.74) is 0.586. The molecule has 194 valence electrons. The van der Waals surface area contributed by atoms with E-state index in [0.717, 1.165) is 38.5 Å². The molecule has 0 spiro atoms. The number of rotatable bonds is 21. The maximum absolute atomic E-state index is 12.6. The van der Waals surface area contributed by atoms with Crippen LogP contribution in [0.15, 0.2) is 24.3 Å². The Morgan fingerprint density at radius 1 is 0.647 bits per heavy atom. The molecular weight excluding hydrogens is 424 g/mol. The summed E-state index contributed by atoms with van der Waals surface area (Å²) in [5, 5.41) is 0. The van der Waals surface area contributed by atoms with Crippen molar-refractivity contribution in [2.24, 2.45) is 0 Å². The van der Waals surface area contributed by atoms with Crippen LogP contribution in [0.25, 0.3) is 0 Å². The molecule has 0 radical (unpaired) electrons. The molecule has 1 unspecified atom stereocenters. The van der Waals surface area contributed by atoms with Crippen molar-refractivity contribution in [1.29, 1.82) is 0 Å².